The fraction of sp³-hybridized carbons (Fsp3) is 0.316. The van der Waals surface area contributed by atoms with Crippen LogP contribution in [0.4, 0.5) is 15.5 Å². The van der Waals surface area contributed by atoms with Gasteiger partial charge in [-0.3, -0.25) is 25.0 Å². The Bertz CT molecular complexity index is 1000. The number of nitro groups is 1. The Morgan fingerprint density at radius 3 is 2.72 bits per heavy atom. The minimum absolute atomic E-state index is 0.0956. The summed E-state index contributed by atoms with van der Waals surface area (Å²) in [5.74, 6) is -0.788. The van der Waals surface area contributed by atoms with E-state index in [1.807, 2.05) is 0 Å². The second-order valence-electron chi connectivity index (χ2n) is 6.76. The molecule has 1 atom stereocenters. The number of anilines is 1. The average Bonchev–Trinajstić information content (AvgIpc) is 3.04. The Labute approximate surface area is 170 Å². The number of alkyl carbamates (subject to hydrolysis) is 1. The van der Waals surface area contributed by atoms with E-state index in [2.05, 4.69) is 22.3 Å². The van der Waals surface area contributed by atoms with Crippen LogP contribution in [0.25, 0.3) is 0 Å². The van der Waals surface area contributed by atoms with Gasteiger partial charge in [-0.05, 0) is 36.8 Å². The molecule has 2 N–H and O–H groups in total. The highest BCUT2D eigenvalue weighted by Crippen LogP contribution is 2.40. The van der Waals surface area contributed by atoms with Gasteiger partial charge >= 0.3 is 6.09 Å². The maximum atomic E-state index is 12.7. The molecule has 152 valence electrons. The summed E-state index contributed by atoms with van der Waals surface area (Å²) in [6.07, 6.45) is 1.42. The average molecular weight is 417 g/mol. The van der Waals surface area contributed by atoms with Gasteiger partial charge in [0.2, 0.25) is 0 Å². The number of hydrogen-bond donors (Lipinski definition) is 2. The van der Waals surface area contributed by atoms with Gasteiger partial charge in [0.25, 0.3) is 17.5 Å². The van der Waals surface area contributed by atoms with Crippen LogP contribution in [-0.2, 0) is 17.6 Å². The number of nitro benzene ring substituents is 1. The summed E-state index contributed by atoms with van der Waals surface area (Å²) >= 11 is 1.28. The second kappa shape index (κ2) is 8.39. The minimum atomic E-state index is -0.893. The molecule has 3 amide bonds. The number of ether oxygens (including phenoxy) is 1. The molecule has 1 aliphatic carbocycles. The van der Waals surface area contributed by atoms with Crippen LogP contribution in [0.2, 0.25) is 0 Å². The van der Waals surface area contributed by atoms with E-state index in [0.29, 0.717) is 17.3 Å². The van der Waals surface area contributed by atoms with Crippen molar-refractivity contribution in [1.82, 2.24) is 5.32 Å². The van der Waals surface area contributed by atoms with Gasteiger partial charge in [-0.2, -0.15) is 0 Å². The van der Waals surface area contributed by atoms with Gasteiger partial charge in [0.05, 0.1) is 17.6 Å². The molecule has 0 saturated carbocycles. The number of non-ortho nitro benzene ring substituents is 1. The lowest BCUT2D eigenvalue weighted by Gasteiger charge is -2.18. The number of rotatable bonds is 4. The molecule has 0 radical (unpaired) electrons. The normalized spacial score (nSPS) is 15.2. The number of imide groups is 1. The molecule has 3 rings (SSSR count). The molecule has 9 nitrogen and oxygen atoms in total. The molecule has 1 heterocycles. The van der Waals surface area contributed by atoms with Crippen molar-refractivity contribution in [1.29, 1.82) is 0 Å². The van der Waals surface area contributed by atoms with E-state index in [1.165, 1.54) is 35.6 Å². The van der Waals surface area contributed by atoms with Crippen molar-refractivity contribution < 1.29 is 24.0 Å². The smallest absolute Gasteiger partial charge is 0.413 e. The number of nitrogens with one attached hydrogen (secondary N) is 2. The second-order valence-corrected chi connectivity index (χ2v) is 7.87. The van der Waals surface area contributed by atoms with Gasteiger partial charge in [-0.25, -0.2) is 4.79 Å². The van der Waals surface area contributed by atoms with Crippen molar-refractivity contribution in [2.24, 2.45) is 5.92 Å². The summed E-state index contributed by atoms with van der Waals surface area (Å²) in [7, 11) is 1.15. The number of nitrogens with zero attached hydrogens (tertiary/aromatic N) is 1. The summed E-state index contributed by atoms with van der Waals surface area (Å²) in [6.45, 7) is 2.11. The molecule has 1 aliphatic rings. The van der Waals surface area contributed by atoms with Crippen LogP contribution in [0, 0.1) is 16.0 Å². The lowest BCUT2D eigenvalue weighted by molar-refractivity contribution is -0.384. The first-order valence-electron chi connectivity index (χ1n) is 8.89. The zero-order valence-corrected chi connectivity index (χ0v) is 16.6. The van der Waals surface area contributed by atoms with E-state index >= 15 is 0 Å². The van der Waals surface area contributed by atoms with Crippen LogP contribution in [0.3, 0.4) is 0 Å². The lowest BCUT2D eigenvalue weighted by atomic mass is 9.88. The lowest BCUT2D eigenvalue weighted by Crippen LogP contribution is -2.31. The van der Waals surface area contributed by atoms with E-state index < -0.39 is 22.8 Å². The Morgan fingerprint density at radius 1 is 1.28 bits per heavy atom. The number of benzene rings is 1. The predicted octanol–water partition coefficient (Wildman–Crippen LogP) is 3.53. The Morgan fingerprint density at radius 2 is 2.03 bits per heavy atom. The summed E-state index contributed by atoms with van der Waals surface area (Å²) in [5, 5.41) is 16.1. The summed E-state index contributed by atoms with van der Waals surface area (Å²) in [4.78, 5) is 48.2. The fourth-order valence-electron chi connectivity index (χ4n) is 3.22. The molecule has 10 heteroatoms. The van der Waals surface area contributed by atoms with Gasteiger partial charge in [0.15, 0.2) is 0 Å². The van der Waals surface area contributed by atoms with Crippen LogP contribution >= 0.6 is 11.3 Å². The number of hydrogen-bond acceptors (Lipinski definition) is 7. The van der Waals surface area contributed by atoms with Crippen molar-refractivity contribution in [3.05, 3.63) is 55.9 Å². The molecule has 1 aromatic heterocycles. The molecule has 1 aromatic carbocycles. The quantitative estimate of drug-likeness (QED) is 0.579. The van der Waals surface area contributed by atoms with E-state index in [-0.39, 0.29) is 16.8 Å². The van der Waals surface area contributed by atoms with Crippen molar-refractivity contribution in [3.8, 4) is 0 Å². The Balaban J connectivity index is 1.94. The molecule has 0 spiro atoms. The van der Waals surface area contributed by atoms with Gasteiger partial charge in [-0.15, -0.1) is 11.3 Å². The van der Waals surface area contributed by atoms with E-state index in [1.54, 1.807) is 0 Å². The van der Waals surface area contributed by atoms with E-state index in [4.69, 9.17) is 0 Å². The maximum Gasteiger partial charge on any atom is 0.413 e. The Kier molecular flexibility index (Phi) is 5.92. The summed E-state index contributed by atoms with van der Waals surface area (Å²) in [5.41, 5.74) is 0.934. The zero-order chi connectivity index (χ0) is 21.1. The molecule has 2 aromatic rings. The summed E-state index contributed by atoms with van der Waals surface area (Å²) in [6, 6.07) is 5.32. The number of thiophene rings is 1. The van der Waals surface area contributed by atoms with Crippen LogP contribution < -0.4 is 10.6 Å². The third-order valence-corrected chi connectivity index (χ3v) is 5.86. The number of carbonyl (C=O) groups is 3. The highest BCUT2D eigenvalue weighted by molar-refractivity contribution is 7.17. The highest BCUT2D eigenvalue weighted by Gasteiger charge is 2.29. The number of carbonyl (C=O) groups excluding carboxylic acids is 3. The zero-order valence-electron chi connectivity index (χ0n) is 15.8. The number of amides is 3. The molecule has 0 aliphatic heterocycles. The molecular weight excluding hydrogens is 398 g/mol. The molecule has 29 heavy (non-hydrogen) atoms. The van der Waals surface area contributed by atoms with Crippen molar-refractivity contribution in [3.63, 3.8) is 0 Å². The topological polar surface area (TPSA) is 128 Å². The standard InChI is InChI=1S/C19H19N3O6S/c1-10-6-7-13-14(8-10)29-18(15(13)17(24)21-19(25)28-2)20-16(23)11-4-3-5-12(9-11)22(26)27/h3-5,9-10H,6-8H2,1-2H3,(H,20,23)(H,21,24,25)/t10-/m1/s1. The molecule has 0 fully saturated rings. The fourth-order valence-corrected chi connectivity index (χ4v) is 4.62. The predicted molar refractivity (Wildman–Crippen MR) is 106 cm³/mol. The molecule has 0 unspecified atom stereocenters. The largest absolute Gasteiger partial charge is 0.453 e. The van der Waals surface area contributed by atoms with Crippen molar-refractivity contribution >= 4 is 39.9 Å². The SMILES string of the molecule is COC(=O)NC(=O)c1c(NC(=O)c2cccc([N+](=O)[O-])c2)sc2c1CC[C@@H](C)C2. The third-order valence-electron chi connectivity index (χ3n) is 4.69. The van der Waals surface area contributed by atoms with Crippen molar-refractivity contribution in [2.45, 2.75) is 26.2 Å². The first-order valence-corrected chi connectivity index (χ1v) is 9.71. The number of fused-ring (bicyclic) bond motifs is 1. The molecular formula is C19H19N3O6S. The van der Waals surface area contributed by atoms with Gasteiger partial charge in [0, 0.05) is 22.6 Å². The van der Waals surface area contributed by atoms with E-state index in [9.17, 15) is 24.5 Å². The molecule has 0 bridgehead atoms. The number of methoxy groups -OCH3 is 1. The van der Waals surface area contributed by atoms with E-state index in [0.717, 1.165) is 30.4 Å². The van der Waals surface area contributed by atoms with Crippen LogP contribution in [0.1, 0.15) is 44.5 Å². The summed E-state index contributed by atoms with van der Waals surface area (Å²) < 4.78 is 4.49. The Hall–Kier alpha value is -3.27. The monoisotopic (exact) mass is 417 g/mol. The minimum Gasteiger partial charge on any atom is -0.453 e. The first kappa shape index (κ1) is 20.5. The highest BCUT2D eigenvalue weighted by atomic mass is 32.1. The maximum absolute atomic E-state index is 12.7. The van der Waals surface area contributed by atoms with Crippen molar-refractivity contribution in [2.75, 3.05) is 12.4 Å². The van der Waals surface area contributed by atoms with Crippen LogP contribution in [0.15, 0.2) is 24.3 Å². The van der Waals surface area contributed by atoms with Gasteiger partial charge in [-0.1, -0.05) is 13.0 Å². The first-order chi connectivity index (χ1) is 13.8. The van der Waals surface area contributed by atoms with Crippen LogP contribution in [-0.4, -0.2) is 29.9 Å². The van der Waals surface area contributed by atoms with Gasteiger partial charge < -0.3 is 10.1 Å². The van der Waals surface area contributed by atoms with Crippen LogP contribution in [0.5, 0.6) is 0 Å². The molecule has 0 saturated heterocycles. The van der Waals surface area contributed by atoms with Gasteiger partial charge in [0.1, 0.15) is 5.00 Å². The third kappa shape index (κ3) is 4.43.